The van der Waals surface area contributed by atoms with Crippen molar-refractivity contribution < 1.29 is 36.9 Å². The Morgan fingerprint density at radius 2 is 2.05 bits per heavy atom. The van der Waals surface area contributed by atoms with Crippen LogP contribution in [0.1, 0.15) is 53.4 Å². The van der Waals surface area contributed by atoms with Gasteiger partial charge in [0.15, 0.2) is 11.3 Å². The van der Waals surface area contributed by atoms with Gasteiger partial charge in [0.1, 0.15) is 0 Å². The molecule has 5 atom stereocenters. The van der Waals surface area contributed by atoms with Gasteiger partial charge in [-0.1, -0.05) is 45.8 Å². The summed E-state index contributed by atoms with van der Waals surface area (Å²) in [5.41, 5.74) is 0.158. The Bertz CT molecular complexity index is 1060. The third-order valence-corrected chi connectivity index (χ3v) is 12.0. The number of thioether (sulfide) groups is 3. The average molecular weight is 629 g/mol. The molecule has 4 rings (SSSR count). The van der Waals surface area contributed by atoms with Gasteiger partial charge in [-0.25, -0.2) is 4.79 Å². The van der Waals surface area contributed by atoms with E-state index in [-0.39, 0.29) is 40.3 Å². The largest absolute Gasteiger partial charge is 0.479 e. The number of carbonyl (C=O) groups is 2. The summed E-state index contributed by atoms with van der Waals surface area (Å²) >= 11 is 4.99. The maximum absolute atomic E-state index is 12.8. The van der Waals surface area contributed by atoms with Gasteiger partial charge in [0, 0.05) is 45.8 Å². The van der Waals surface area contributed by atoms with Crippen molar-refractivity contribution >= 4 is 52.1 Å². The van der Waals surface area contributed by atoms with Crippen molar-refractivity contribution in [3.63, 3.8) is 0 Å². The number of likely N-dealkylation sites (N-methyl/N-ethyl adjacent to an activating group) is 1. The molecule has 0 amide bonds. The number of allylic oxidation sites excluding steroid dienone is 5. The van der Waals surface area contributed by atoms with E-state index in [0.29, 0.717) is 10.8 Å². The number of nitrogens with zero attached hydrogens (tertiary/aromatic N) is 2. The first-order valence-electron chi connectivity index (χ1n) is 13.0. The number of hydrogen-bond donors (Lipinski definition) is 3. The van der Waals surface area contributed by atoms with Gasteiger partial charge >= 0.3 is 5.97 Å². The fraction of sp³-hybridized carbons (Fsp3) is 0.667. The van der Waals surface area contributed by atoms with Crippen LogP contribution >= 0.6 is 35.3 Å². The van der Waals surface area contributed by atoms with Gasteiger partial charge in [-0.2, -0.15) is 0 Å². The molecule has 3 aliphatic heterocycles. The normalized spacial score (nSPS) is 32.6. The fourth-order valence-corrected chi connectivity index (χ4v) is 9.52. The monoisotopic (exact) mass is 628 g/mol. The zero-order chi connectivity index (χ0) is 27.0. The van der Waals surface area contributed by atoms with Crippen molar-refractivity contribution in [2.45, 2.75) is 82.5 Å². The van der Waals surface area contributed by atoms with Gasteiger partial charge in [0.2, 0.25) is 0 Å². The van der Waals surface area contributed by atoms with E-state index in [0.717, 1.165) is 53.4 Å². The first-order chi connectivity index (χ1) is 17.5. The molecule has 4 aliphatic rings. The van der Waals surface area contributed by atoms with Gasteiger partial charge in [-0.05, 0) is 38.5 Å². The Hall–Kier alpha value is -0.681. The first-order valence-corrected chi connectivity index (χ1v) is 16.0. The number of carboxylic acid groups (broad SMARTS) is 1. The van der Waals surface area contributed by atoms with Crippen LogP contribution in [0.3, 0.4) is 0 Å². The fourth-order valence-electron chi connectivity index (χ4n) is 5.21. The first kappa shape index (κ1) is 31.8. The van der Waals surface area contributed by atoms with Crippen LogP contribution in [0.25, 0.3) is 0 Å². The van der Waals surface area contributed by atoms with Gasteiger partial charge < -0.3 is 15.5 Å². The van der Waals surface area contributed by atoms with E-state index in [1.54, 1.807) is 24.8 Å². The van der Waals surface area contributed by atoms with E-state index in [1.165, 1.54) is 11.8 Å². The van der Waals surface area contributed by atoms with Crippen molar-refractivity contribution in [1.82, 2.24) is 10.2 Å². The smallest absolute Gasteiger partial charge is 0.332 e. The maximum atomic E-state index is 12.8. The van der Waals surface area contributed by atoms with Gasteiger partial charge in [-0.15, -0.1) is 35.3 Å². The minimum Gasteiger partial charge on any atom is -0.479 e. The molecule has 215 valence electrons. The number of hydrogen-bond acceptors (Lipinski definition) is 9. The number of ketones is 1. The van der Waals surface area contributed by atoms with Crippen LogP contribution in [0.15, 0.2) is 39.4 Å². The molecular formula is C27H39CuN3O4S3. The number of carbonyl (C=O) groups excluding carboxylic acids is 1. The summed E-state index contributed by atoms with van der Waals surface area (Å²) in [6.07, 6.45) is 9.22. The number of nitrogens with one attached hydrogen (secondary N) is 1. The molecule has 0 spiro atoms. The molecule has 2 saturated heterocycles. The summed E-state index contributed by atoms with van der Waals surface area (Å²) < 4.78 is 0. The molecule has 1 radical (unpaired) electrons. The Balaban J connectivity index is 0.00000400. The molecule has 0 aromatic rings. The quantitative estimate of drug-likeness (QED) is 0.196. The molecular weight excluding hydrogens is 590 g/mol. The van der Waals surface area contributed by atoms with Crippen molar-refractivity contribution in [3.05, 3.63) is 34.4 Å². The Labute approximate surface area is 249 Å². The molecule has 0 bridgehead atoms. The van der Waals surface area contributed by atoms with E-state index in [2.05, 4.69) is 35.3 Å². The molecule has 3 heterocycles. The van der Waals surface area contributed by atoms with Crippen LogP contribution in [0, 0.1) is 5.41 Å². The second-order valence-electron chi connectivity index (χ2n) is 11.0. The molecule has 3 N–H and O–H groups in total. The minimum absolute atomic E-state index is 0. The van der Waals surface area contributed by atoms with Crippen molar-refractivity contribution in [1.29, 1.82) is 0 Å². The summed E-state index contributed by atoms with van der Waals surface area (Å²) in [5.74, 6) is 1.17. The number of aliphatic hydroxyl groups is 1. The number of aliphatic imine (C=N–C) groups is 1. The third-order valence-electron chi connectivity index (χ3n) is 7.77. The Morgan fingerprint density at radius 1 is 1.32 bits per heavy atom. The molecule has 1 aliphatic carbocycles. The van der Waals surface area contributed by atoms with Gasteiger partial charge in [0.25, 0.3) is 0 Å². The van der Waals surface area contributed by atoms with Crippen LogP contribution in [-0.2, 0) is 26.7 Å². The van der Waals surface area contributed by atoms with E-state index in [4.69, 9.17) is 0 Å². The summed E-state index contributed by atoms with van der Waals surface area (Å²) in [6.45, 7) is 7.75. The van der Waals surface area contributed by atoms with Crippen LogP contribution in [0.2, 0.25) is 0 Å². The predicted molar refractivity (Wildman–Crippen MR) is 156 cm³/mol. The van der Waals surface area contributed by atoms with Crippen molar-refractivity contribution in [2.75, 3.05) is 24.3 Å². The van der Waals surface area contributed by atoms with Crippen LogP contribution in [0.4, 0.5) is 0 Å². The van der Waals surface area contributed by atoms with Gasteiger partial charge in [-0.3, -0.25) is 14.7 Å². The standard InChI is InChI=1S/C27H39N3O4S3.Cu/c1-6-7-8-10-16-11-9-12-19(31)20(16)22-28-17(13-35-22)23-30(5)18(14-36-23)21(32)26(2,3)24-29-27(4,15-37-24)25(33)34;/h9,11-12,17-18,21,23,28,32H,6-8,10,13-15H2,1-5H3,(H,33,34);/t17-,18+,21-,23-,27-;/m1./s1. The molecule has 2 fully saturated rings. The predicted octanol–water partition coefficient (Wildman–Crippen LogP) is 4.30. The minimum atomic E-state index is -1.14. The molecule has 7 nitrogen and oxygen atoms in total. The Morgan fingerprint density at radius 3 is 2.71 bits per heavy atom. The van der Waals surface area contributed by atoms with Gasteiger partial charge in [0.05, 0.1) is 33.2 Å². The molecule has 0 aromatic carbocycles. The topological polar surface area (TPSA) is 102 Å². The summed E-state index contributed by atoms with van der Waals surface area (Å²) in [4.78, 5) is 31.3. The van der Waals surface area contributed by atoms with E-state index in [1.807, 2.05) is 31.7 Å². The van der Waals surface area contributed by atoms with E-state index in [9.17, 15) is 19.8 Å². The van der Waals surface area contributed by atoms with Crippen molar-refractivity contribution in [3.8, 4) is 0 Å². The number of aliphatic hydroxyl groups excluding tert-OH is 1. The third kappa shape index (κ3) is 6.29. The number of unbranched alkanes of at least 4 members (excludes halogenated alkanes) is 2. The second-order valence-corrected chi connectivity index (χ2v) is 14.2. The molecule has 0 saturated carbocycles. The zero-order valence-corrected chi connectivity index (χ0v) is 26.0. The average Bonchev–Trinajstić information content (AvgIpc) is 3.58. The second kappa shape index (κ2) is 12.9. The summed E-state index contributed by atoms with van der Waals surface area (Å²) in [5, 5.41) is 26.6. The number of rotatable bonds is 9. The molecule has 0 aromatic heterocycles. The SMILES string of the molecule is CCCCCC1=CC=CC(=O)C1=C1N[C@@H]([C@H]2SC[C@@H]([C@@H](O)C(C)(C)C3=N[C@@](C)(C(=O)O)CS3)N2C)CS1.[Cu]. The number of carboxylic acids is 1. The molecule has 11 heteroatoms. The van der Waals surface area contributed by atoms with E-state index < -0.39 is 23.0 Å². The molecule has 0 unspecified atom stereocenters. The zero-order valence-electron chi connectivity index (χ0n) is 22.6. The molecule has 38 heavy (non-hydrogen) atoms. The number of aliphatic carboxylic acids is 1. The van der Waals surface area contributed by atoms with Crippen LogP contribution in [0.5, 0.6) is 0 Å². The van der Waals surface area contributed by atoms with Crippen LogP contribution in [-0.4, -0.2) is 85.3 Å². The Kier molecular flexibility index (Phi) is 10.8. The van der Waals surface area contributed by atoms with E-state index >= 15 is 0 Å². The summed E-state index contributed by atoms with van der Waals surface area (Å²) in [7, 11) is 2.06. The maximum Gasteiger partial charge on any atom is 0.332 e. The summed E-state index contributed by atoms with van der Waals surface area (Å²) in [6, 6.07) is 0.0733. The van der Waals surface area contributed by atoms with Crippen LogP contribution < -0.4 is 5.32 Å². The van der Waals surface area contributed by atoms with Crippen molar-refractivity contribution in [2.24, 2.45) is 10.4 Å².